The molecule has 0 radical (unpaired) electrons. The van der Waals surface area contributed by atoms with Crippen LogP contribution >= 0.6 is 0 Å². The van der Waals surface area contributed by atoms with Crippen molar-refractivity contribution in [2.24, 2.45) is 7.05 Å². The van der Waals surface area contributed by atoms with E-state index < -0.39 is 0 Å². The molecular formula is C9H13N3. The van der Waals surface area contributed by atoms with Crippen LogP contribution in [0.4, 0.5) is 0 Å². The highest BCUT2D eigenvalue weighted by atomic mass is 15.0. The van der Waals surface area contributed by atoms with Gasteiger partial charge in [0.1, 0.15) is 0 Å². The third-order valence-electron chi connectivity index (χ3n) is 1.57. The first-order valence-corrected chi connectivity index (χ1v) is 3.77. The molecule has 3 heteroatoms. The lowest BCUT2D eigenvalue weighted by molar-refractivity contribution is 0.874. The van der Waals surface area contributed by atoms with Crippen LogP contribution in [0, 0.1) is 0 Å². The standard InChI is InChI=1S/C9H13N3/c1-4-5-8-9(6-10-2)12(3)7-11-8/h4-7,10H,1H2,2-3H3/b8-5+,9-6+. The van der Waals surface area contributed by atoms with E-state index in [1.165, 1.54) is 0 Å². The first-order valence-electron chi connectivity index (χ1n) is 3.77. The molecule has 0 aliphatic heterocycles. The second-order valence-electron chi connectivity index (χ2n) is 2.46. The quantitative estimate of drug-likeness (QED) is 0.627. The number of hydrogen-bond donors (Lipinski definition) is 1. The number of hydrogen-bond acceptors (Lipinski definition) is 2. The highest BCUT2D eigenvalue weighted by Crippen LogP contribution is 1.66. The minimum absolute atomic E-state index is 0.932. The molecule has 1 aromatic rings. The minimum atomic E-state index is 0.932. The molecule has 1 N–H and O–H groups in total. The summed E-state index contributed by atoms with van der Waals surface area (Å²) < 4.78 is 1.95. The highest BCUT2D eigenvalue weighted by Gasteiger charge is 1.89. The van der Waals surface area contributed by atoms with Crippen molar-refractivity contribution in [1.29, 1.82) is 0 Å². The summed E-state index contributed by atoms with van der Waals surface area (Å²) in [5.74, 6) is 0. The Morgan fingerprint density at radius 1 is 1.67 bits per heavy atom. The van der Waals surface area contributed by atoms with Gasteiger partial charge in [-0.05, 0) is 6.08 Å². The Hall–Kier alpha value is -1.51. The fraction of sp³-hybridized carbons (Fsp3) is 0.222. The molecule has 0 unspecified atom stereocenters. The summed E-state index contributed by atoms with van der Waals surface area (Å²) in [6, 6.07) is 0. The van der Waals surface area contributed by atoms with Crippen LogP contribution in [0.15, 0.2) is 19.0 Å². The molecule has 64 valence electrons. The first kappa shape index (κ1) is 8.59. The number of aromatic nitrogens is 2. The van der Waals surface area contributed by atoms with Crippen molar-refractivity contribution in [2.75, 3.05) is 7.05 Å². The van der Waals surface area contributed by atoms with Gasteiger partial charge in [-0.2, -0.15) is 0 Å². The van der Waals surface area contributed by atoms with E-state index in [-0.39, 0.29) is 0 Å². The maximum absolute atomic E-state index is 4.19. The molecule has 1 rings (SSSR count). The van der Waals surface area contributed by atoms with Crippen LogP contribution in [0.3, 0.4) is 0 Å². The lowest BCUT2D eigenvalue weighted by atomic mass is 10.4. The molecule has 0 spiro atoms. The number of aryl methyl sites for hydroxylation is 1. The van der Waals surface area contributed by atoms with Crippen LogP contribution in [-0.4, -0.2) is 16.6 Å². The van der Waals surface area contributed by atoms with Crippen LogP contribution in [-0.2, 0) is 7.05 Å². The predicted octanol–water partition coefficient (Wildman–Crippen LogP) is -0.656. The van der Waals surface area contributed by atoms with Crippen molar-refractivity contribution < 1.29 is 0 Å². The van der Waals surface area contributed by atoms with Crippen LogP contribution in [0.5, 0.6) is 0 Å². The molecule has 0 aliphatic rings. The van der Waals surface area contributed by atoms with Gasteiger partial charge < -0.3 is 9.88 Å². The van der Waals surface area contributed by atoms with Gasteiger partial charge in [-0.1, -0.05) is 12.7 Å². The van der Waals surface area contributed by atoms with Crippen LogP contribution in [0.25, 0.3) is 12.3 Å². The van der Waals surface area contributed by atoms with E-state index >= 15 is 0 Å². The maximum Gasteiger partial charge on any atom is 0.0956 e. The minimum Gasteiger partial charge on any atom is -0.392 e. The summed E-state index contributed by atoms with van der Waals surface area (Å²) in [6.07, 6.45) is 7.29. The molecular weight excluding hydrogens is 150 g/mol. The van der Waals surface area contributed by atoms with E-state index in [1.54, 1.807) is 12.4 Å². The van der Waals surface area contributed by atoms with E-state index in [1.807, 2.05) is 30.9 Å². The normalized spacial score (nSPS) is 13.5. The van der Waals surface area contributed by atoms with Gasteiger partial charge in [-0.15, -0.1) is 0 Å². The average Bonchev–Trinajstić information content (AvgIpc) is 2.37. The molecule has 0 bridgehead atoms. The third kappa shape index (κ3) is 1.56. The molecule has 0 saturated carbocycles. The monoisotopic (exact) mass is 163 g/mol. The summed E-state index contributed by atoms with van der Waals surface area (Å²) in [7, 11) is 3.82. The number of allylic oxidation sites excluding steroid dienone is 1. The fourth-order valence-electron chi connectivity index (χ4n) is 1.01. The Bertz CT molecular complexity index is 373. The zero-order valence-corrected chi connectivity index (χ0v) is 7.41. The Balaban J connectivity index is 3.41. The summed E-state index contributed by atoms with van der Waals surface area (Å²) in [5.41, 5.74) is 0. The van der Waals surface area contributed by atoms with Crippen LogP contribution in [0.2, 0.25) is 0 Å². The van der Waals surface area contributed by atoms with E-state index in [2.05, 4.69) is 16.9 Å². The molecule has 3 nitrogen and oxygen atoms in total. The molecule has 1 aromatic heterocycles. The number of imidazole rings is 1. The largest absolute Gasteiger partial charge is 0.392 e. The van der Waals surface area contributed by atoms with Gasteiger partial charge >= 0.3 is 0 Å². The first-order chi connectivity index (χ1) is 5.79. The molecule has 0 saturated heterocycles. The molecule has 12 heavy (non-hydrogen) atoms. The van der Waals surface area contributed by atoms with Gasteiger partial charge in [-0.25, -0.2) is 4.98 Å². The number of nitrogens with one attached hydrogen (secondary N) is 1. The van der Waals surface area contributed by atoms with Crippen molar-refractivity contribution in [1.82, 2.24) is 14.9 Å². The summed E-state index contributed by atoms with van der Waals surface area (Å²) >= 11 is 0. The van der Waals surface area contributed by atoms with E-state index in [4.69, 9.17) is 0 Å². The van der Waals surface area contributed by atoms with E-state index in [9.17, 15) is 0 Å². The van der Waals surface area contributed by atoms with Crippen molar-refractivity contribution in [3.63, 3.8) is 0 Å². The second kappa shape index (κ2) is 3.76. The Morgan fingerprint density at radius 2 is 2.42 bits per heavy atom. The van der Waals surface area contributed by atoms with Crippen LogP contribution in [0.1, 0.15) is 0 Å². The average molecular weight is 163 g/mol. The van der Waals surface area contributed by atoms with Crippen molar-refractivity contribution in [3.05, 3.63) is 29.7 Å². The highest BCUT2D eigenvalue weighted by molar-refractivity contribution is 5.33. The zero-order valence-electron chi connectivity index (χ0n) is 7.41. The summed E-state index contributed by atoms with van der Waals surface area (Å²) in [6.45, 7) is 3.63. The van der Waals surface area contributed by atoms with Gasteiger partial charge in [0.2, 0.25) is 0 Å². The molecule has 0 atom stereocenters. The SMILES string of the molecule is C=C/C=c1/ncn(C)/c1=C/NC. The lowest BCUT2D eigenvalue weighted by Gasteiger charge is -1.88. The third-order valence-corrected chi connectivity index (χ3v) is 1.57. The smallest absolute Gasteiger partial charge is 0.0956 e. The number of nitrogens with zero attached hydrogens (tertiary/aromatic N) is 2. The van der Waals surface area contributed by atoms with Crippen molar-refractivity contribution in [2.45, 2.75) is 0 Å². The van der Waals surface area contributed by atoms with Crippen molar-refractivity contribution in [3.8, 4) is 0 Å². The van der Waals surface area contributed by atoms with Crippen molar-refractivity contribution >= 4 is 12.3 Å². The summed E-state index contributed by atoms with van der Waals surface area (Å²) in [5, 5.41) is 4.96. The maximum atomic E-state index is 4.19. The van der Waals surface area contributed by atoms with Gasteiger partial charge in [0, 0.05) is 20.3 Å². The number of rotatable bonds is 2. The topological polar surface area (TPSA) is 29.9 Å². The van der Waals surface area contributed by atoms with E-state index in [0.29, 0.717) is 0 Å². The second-order valence-corrected chi connectivity index (χ2v) is 2.46. The Kier molecular flexibility index (Phi) is 2.69. The van der Waals surface area contributed by atoms with E-state index in [0.717, 1.165) is 10.7 Å². The van der Waals surface area contributed by atoms with Gasteiger partial charge in [0.15, 0.2) is 0 Å². The Labute approximate surface area is 71.7 Å². The van der Waals surface area contributed by atoms with Crippen LogP contribution < -0.4 is 16.0 Å². The predicted molar refractivity (Wildman–Crippen MR) is 50.6 cm³/mol. The molecule has 1 heterocycles. The molecule has 0 aliphatic carbocycles. The van der Waals surface area contributed by atoms with Gasteiger partial charge in [-0.3, -0.25) is 0 Å². The molecule has 0 fully saturated rings. The van der Waals surface area contributed by atoms with Gasteiger partial charge in [0.05, 0.1) is 17.0 Å². The summed E-state index contributed by atoms with van der Waals surface area (Å²) in [4.78, 5) is 4.19. The molecule has 0 aromatic carbocycles. The molecule has 0 amide bonds. The van der Waals surface area contributed by atoms with Gasteiger partial charge in [0.25, 0.3) is 0 Å². The zero-order chi connectivity index (χ0) is 8.97. The lowest BCUT2D eigenvalue weighted by Crippen LogP contribution is -2.30. The fourth-order valence-corrected chi connectivity index (χ4v) is 1.01. The Morgan fingerprint density at radius 3 is 3.00 bits per heavy atom.